The van der Waals surface area contributed by atoms with Crippen molar-refractivity contribution in [2.45, 2.75) is 20.8 Å². The summed E-state index contributed by atoms with van der Waals surface area (Å²) in [5.74, 6) is 2.04. The van der Waals surface area contributed by atoms with E-state index in [4.69, 9.17) is 9.47 Å². The molecule has 1 saturated heterocycles. The number of carbonyl (C=O) groups is 1. The summed E-state index contributed by atoms with van der Waals surface area (Å²) in [6.07, 6.45) is 0. The van der Waals surface area contributed by atoms with Crippen LogP contribution in [0.4, 0.5) is 5.82 Å². The lowest BCUT2D eigenvalue weighted by Gasteiger charge is -2.35. The van der Waals surface area contributed by atoms with Gasteiger partial charge in [-0.05, 0) is 50.6 Å². The number of ether oxygens (including phenoxy) is 2. The van der Waals surface area contributed by atoms with Crippen LogP contribution in [0.25, 0.3) is 11.3 Å². The highest BCUT2D eigenvalue weighted by Crippen LogP contribution is 2.26. The van der Waals surface area contributed by atoms with E-state index >= 15 is 0 Å². The molecule has 0 spiro atoms. The van der Waals surface area contributed by atoms with Crippen LogP contribution in [0.1, 0.15) is 18.1 Å². The molecule has 1 amide bonds. The Hall–Kier alpha value is -3.61. The topological polar surface area (TPSA) is 67.8 Å². The Kier molecular flexibility index (Phi) is 7.07. The van der Waals surface area contributed by atoms with E-state index < -0.39 is 0 Å². The maximum Gasteiger partial charge on any atom is 0.260 e. The van der Waals surface area contributed by atoms with Crippen molar-refractivity contribution in [3.8, 4) is 22.8 Å². The standard InChI is InChI=1S/C26H30N4O3/c1-4-32-23-7-5-6-8-24(23)33-18-26(31)30-15-13-29(14-16-30)25-12-11-22(27-28-25)21-10-9-19(2)17-20(21)3/h5-12,17H,4,13-16,18H2,1-3H3. The number of hydrogen-bond donors (Lipinski definition) is 0. The lowest BCUT2D eigenvalue weighted by Crippen LogP contribution is -2.50. The quantitative estimate of drug-likeness (QED) is 0.549. The second-order valence-corrected chi connectivity index (χ2v) is 8.13. The van der Waals surface area contributed by atoms with Gasteiger partial charge in [-0.2, -0.15) is 0 Å². The number of carbonyl (C=O) groups excluding carboxylic acids is 1. The number of piperazine rings is 1. The van der Waals surface area contributed by atoms with Crippen LogP contribution in [-0.4, -0.2) is 60.4 Å². The minimum Gasteiger partial charge on any atom is -0.490 e. The Balaban J connectivity index is 1.31. The maximum atomic E-state index is 12.7. The largest absolute Gasteiger partial charge is 0.490 e. The zero-order chi connectivity index (χ0) is 23.2. The fourth-order valence-electron chi connectivity index (χ4n) is 4.00. The Morgan fingerprint density at radius 2 is 1.64 bits per heavy atom. The van der Waals surface area contributed by atoms with E-state index in [0.29, 0.717) is 44.3 Å². The van der Waals surface area contributed by atoms with E-state index in [9.17, 15) is 4.79 Å². The van der Waals surface area contributed by atoms with Crippen LogP contribution in [0.2, 0.25) is 0 Å². The number of anilines is 1. The number of aryl methyl sites for hydroxylation is 2. The van der Waals surface area contributed by atoms with Gasteiger partial charge in [0, 0.05) is 31.7 Å². The molecule has 1 aliphatic rings. The number of aromatic nitrogens is 2. The maximum absolute atomic E-state index is 12.7. The molecule has 7 heteroatoms. The van der Waals surface area contributed by atoms with E-state index in [1.807, 2.05) is 48.2 Å². The molecule has 0 N–H and O–H groups in total. The lowest BCUT2D eigenvalue weighted by molar-refractivity contribution is -0.133. The molecule has 3 aromatic rings. The molecule has 0 bridgehead atoms. The Labute approximate surface area is 195 Å². The van der Waals surface area contributed by atoms with Gasteiger partial charge in [0.05, 0.1) is 12.3 Å². The minimum atomic E-state index is -0.0303. The van der Waals surface area contributed by atoms with Crippen molar-refractivity contribution in [2.24, 2.45) is 0 Å². The van der Waals surface area contributed by atoms with Gasteiger partial charge >= 0.3 is 0 Å². The van der Waals surface area contributed by atoms with Gasteiger partial charge in [0.25, 0.3) is 5.91 Å². The van der Waals surface area contributed by atoms with Gasteiger partial charge in [-0.1, -0.05) is 35.9 Å². The third kappa shape index (κ3) is 5.42. The summed E-state index contributed by atoms with van der Waals surface area (Å²) in [5, 5.41) is 8.90. The normalized spacial score (nSPS) is 13.7. The highest BCUT2D eigenvalue weighted by Gasteiger charge is 2.23. The molecule has 1 aromatic heterocycles. The highest BCUT2D eigenvalue weighted by molar-refractivity contribution is 5.78. The molecular weight excluding hydrogens is 416 g/mol. The Morgan fingerprint density at radius 3 is 2.27 bits per heavy atom. The van der Waals surface area contributed by atoms with E-state index in [-0.39, 0.29) is 12.5 Å². The Morgan fingerprint density at radius 1 is 0.909 bits per heavy atom. The second-order valence-electron chi connectivity index (χ2n) is 8.13. The fraction of sp³-hybridized carbons (Fsp3) is 0.346. The van der Waals surface area contributed by atoms with Crippen LogP contribution < -0.4 is 14.4 Å². The fourth-order valence-corrected chi connectivity index (χ4v) is 4.00. The molecule has 2 heterocycles. The first-order valence-corrected chi connectivity index (χ1v) is 11.3. The summed E-state index contributed by atoms with van der Waals surface area (Å²) in [7, 11) is 0. The van der Waals surface area contributed by atoms with Crippen LogP contribution in [0.3, 0.4) is 0 Å². The molecule has 4 rings (SSSR count). The van der Waals surface area contributed by atoms with Crippen LogP contribution in [0.5, 0.6) is 11.5 Å². The summed E-state index contributed by atoms with van der Waals surface area (Å²) >= 11 is 0. The summed E-state index contributed by atoms with van der Waals surface area (Å²) in [6.45, 7) is 9.29. The van der Waals surface area contributed by atoms with E-state index in [0.717, 1.165) is 17.1 Å². The van der Waals surface area contributed by atoms with Crippen molar-refractivity contribution in [3.05, 3.63) is 65.7 Å². The zero-order valence-corrected chi connectivity index (χ0v) is 19.5. The van der Waals surface area contributed by atoms with Crippen molar-refractivity contribution in [1.82, 2.24) is 15.1 Å². The van der Waals surface area contributed by atoms with Crippen LogP contribution in [0.15, 0.2) is 54.6 Å². The first-order valence-electron chi connectivity index (χ1n) is 11.3. The summed E-state index contributed by atoms with van der Waals surface area (Å²) in [5.41, 5.74) is 4.39. The summed E-state index contributed by atoms with van der Waals surface area (Å²) in [4.78, 5) is 16.6. The molecule has 0 radical (unpaired) electrons. The summed E-state index contributed by atoms with van der Waals surface area (Å²) in [6, 6.07) is 17.8. The van der Waals surface area contributed by atoms with Gasteiger partial charge in [0.15, 0.2) is 23.9 Å². The molecule has 33 heavy (non-hydrogen) atoms. The van der Waals surface area contributed by atoms with Crippen molar-refractivity contribution in [2.75, 3.05) is 44.3 Å². The van der Waals surface area contributed by atoms with E-state index in [2.05, 4.69) is 47.1 Å². The van der Waals surface area contributed by atoms with Crippen molar-refractivity contribution in [3.63, 3.8) is 0 Å². The average Bonchev–Trinajstić information content (AvgIpc) is 2.84. The van der Waals surface area contributed by atoms with Crippen molar-refractivity contribution in [1.29, 1.82) is 0 Å². The van der Waals surface area contributed by atoms with Gasteiger partial charge in [0.2, 0.25) is 0 Å². The third-order valence-electron chi connectivity index (χ3n) is 5.76. The molecule has 0 atom stereocenters. The average molecular weight is 447 g/mol. The highest BCUT2D eigenvalue weighted by atomic mass is 16.5. The van der Waals surface area contributed by atoms with Gasteiger partial charge in [-0.25, -0.2) is 0 Å². The number of benzene rings is 2. The lowest BCUT2D eigenvalue weighted by atomic mass is 10.0. The zero-order valence-electron chi connectivity index (χ0n) is 19.5. The number of nitrogens with zero attached hydrogens (tertiary/aromatic N) is 4. The number of para-hydroxylation sites is 2. The van der Waals surface area contributed by atoms with Crippen molar-refractivity contribution >= 4 is 11.7 Å². The Bertz CT molecular complexity index is 1090. The number of rotatable bonds is 7. The monoisotopic (exact) mass is 446 g/mol. The first-order chi connectivity index (χ1) is 16.0. The smallest absolute Gasteiger partial charge is 0.260 e. The SMILES string of the molecule is CCOc1ccccc1OCC(=O)N1CCN(c2ccc(-c3ccc(C)cc3C)nn2)CC1. The van der Waals surface area contributed by atoms with Gasteiger partial charge in [-0.15, -0.1) is 10.2 Å². The van der Waals surface area contributed by atoms with Gasteiger partial charge in [0.1, 0.15) is 0 Å². The van der Waals surface area contributed by atoms with Crippen LogP contribution in [-0.2, 0) is 4.79 Å². The molecule has 7 nitrogen and oxygen atoms in total. The molecule has 1 aliphatic heterocycles. The van der Waals surface area contributed by atoms with E-state index in [1.54, 1.807) is 0 Å². The van der Waals surface area contributed by atoms with Crippen LogP contribution >= 0.6 is 0 Å². The predicted molar refractivity (Wildman–Crippen MR) is 129 cm³/mol. The first kappa shape index (κ1) is 22.6. The molecule has 0 saturated carbocycles. The van der Waals surface area contributed by atoms with Gasteiger partial charge < -0.3 is 19.3 Å². The van der Waals surface area contributed by atoms with Crippen molar-refractivity contribution < 1.29 is 14.3 Å². The minimum absolute atomic E-state index is 0.00547. The number of amides is 1. The molecule has 2 aromatic carbocycles. The molecule has 1 fully saturated rings. The molecule has 0 unspecified atom stereocenters. The molecule has 0 aliphatic carbocycles. The summed E-state index contributed by atoms with van der Waals surface area (Å²) < 4.78 is 11.3. The predicted octanol–water partition coefficient (Wildman–Crippen LogP) is 3.89. The molecule has 172 valence electrons. The van der Waals surface area contributed by atoms with E-state index in [1.165, 1.54) is 11.1 Å². The van der Waals surface area contributed by atoms with Gasteiger partial charge in [-0.3, -0.25) is 4.79 Å². The second kappa shape index (κ2) is 10.3. The van der Waals surface area contributed by atoms with Crippen LogP contribution in [0, 0.1) is 13.8 Å². The molecular formula is C26H30N4O3. The number of hydrogen-bond acceptors (Lipinski definition) is 6. The third-order valence-corrected chi connectivity index (χ3v) is 5.76.